The predicted molar refractivity (Wildman–Crippen MR) is 68.9 cm³/mol. The molecule has 0 radical (unpaired) electrons. The first-order valence-electron chi connectivity index (χ1n) is 5.56. The highest BCUT2D eigenvalue weighted by atomic mass is 16.3. The highest BCUT2D eigenvalue weighted by Gasteiger charge is 2.08. The van der Waals surface area contributed by atoms with E-state index >= 15 is 0 Å². The Bertz CT molecular complexity index is 834. The van der Waals surface area contributed by atoms with Crippen molar-refractivity contribution >= 4 is 32.7 Å². The minimum atomic E-state index is 0.777. The Morgan fingerprint density at radius 2 is 1.82 bits per heavy atom. The van der Waals surface area contributed by atoms with Crippen molar-refractivity contribution in [2.75, 3.05) is 0 Å². The van der Waals surface area contributed by atoms with Crippen LogP contribution < -0.4 is 0 Å². The molecule has 1 nitrogen and oxygen atoms in total. The molecule has 0 unspecified atom stereocenters. The molecule has 0 fully saturated rings. The van der Waals surface area contributed by atoms with Gasteiger partial charge in [0.1, 0.15) is 5.58 Å². The Balaban J connectivity index is 2.38. The summed E-state index contributed by atoms with van der Waals surface area (Å²) in [5.74, 6) is 0. The zero-order chi connectivity index (χ0) is 11.2. The van der Waals surface area contributed by atoms with Crippen molar-refractivity contribution in [3.05, 3.63) is 60.7 Å². The fraction of sp³-hybridized carbons (Fsp3) is 0. The second-order valence-electron chi connectivity index (χ2n) is 4.11. The molecule has 78 valence electrons. The zero-order valence-electron chi connectivity index (χ0n) is 9.03. The van der Waals surface area contributed by atoms with E-state index in [-0.39, 0.29) is 0 Å². The summed E-state index contributed by atoms with van der Waals surface area (Å²) in [5.41, 5.74) is 1.69. The molecule has 0 N–H and O–H groups in total. The summed E-state index contributed by atoms with van der Waals surface area (Å²) in [4.78, 5) is 0. The molecule has 17 heavy (non-hydrogen) atoms. The third-order valence-electron chi connectivity index (χ3n) is 3.14. The van der Waals surface area contributed by atoms with E-state index in [1.807, 2.05) is 18.2 Å². The zero-order valence-corrected chi connectivity index (χ0v) is 9.03. The van der Waals surface area contributed by atoms with Crippen LogP contribution in [0.2, 0.25) is 0 Å². The van der Waals surface area contributed by atoms with E-state index in [1.165, 1.54) is 16.2 Å². The average molecular weight is 216 g/mol. The minimum absolute atomic E-state index is 0.777. The van der Waals surface area contributed by atoms with Gasteiger partial charge in [-0.1, -0.05) is 36.4 Å². The second kappa shape index (κ2) is 3.02. The normalized spacial score (nSPS) is 11.1. The van der Waals surface area contributed by atoms with Crippen LogP contribution in [-0.4, -0.2) is 0 Å². The van der Waals surface area contributed by atoms with Crippen LogP contribution in [0.4, 0.5) is 0 Å². The number of rotatable bonds is 0. The molecule has 0 saturated carbocycles. The maximum Gasteiger partial charge on any atom is 0.185 e. The maximum atomic E-state index is 5.77. The Morgan fingerprint density at radius 3 is 2.82 bits per heavy atom. The van der Waals surface area contributed by atoms with E-state index in [0.717, 1.165) is 16.6 Å². The van der Waals surface area contributed by atoms with E-state index in [1.54, 1.807) is 0 Å². The van der Waals surface area contributed by atoms with Crippen molar-refractivity contribution in [1.29, 1.82) is 0 Å². The second-order valence-corrected chi connectivity index (χ2v) is 4.11. The van der Waals surface area contributed by atoms with Gasteiger partial charge in [0.2, 0.25) is 0 Å². The van der Waals surface area contributed by atoms with E-state index in [4.69, 9.17) is 4.42 Å². The summed E-state index contributed by atoms with van der Waals surface area (Å²) in [7, 11) is 0. The lowest BCUT2D eigenvalue weighted by molar-refractivity contribution is 0.669. The predicted octanol–water partition coefficient (Wildman–Crippen LogP) is 4.34. The number of hydrogen-bond donors (Lipinski definition) is 0. The van der Waals surface area contributed by atoms with Crippen LogP contribution >= 0.6 is 0 Å². The summed E-state index contributed by atoms with van der Waals surface area (Å²) in [6, 6.07) is 22.3. The smallest absolute Gasteiger partial charge is 0.185 e. The molecule has 3 aromatic carbocycles. The van der Waals surface area contributed by atoms with Crippen LogP contribution in [0.5, 0.6) is 0 Å². The first-order chi connectivity index (χ1) is 8.43. The number of benzene rings is 2. The van der Waals surface area contributed by atoms with Gasteiger partial charge in [-0.05, 0) is 35.0 Å². The lowest BCUT2D eigenvalue weighted by Crippen LogP contribution is -1.72. The van der Waals surface area contributed by atoms with Gasteiger partial charge in [0.15, 0.2) is 5.58 Å². The summed E-state index contributed by atoms with van der Waals surface area (Å²) in [6.07, 6.45) is 0. The topological polar surface area (TPSA) is 13.1 Å². The SMILES string of the molecule is c1ccc2c(c#1)oc1ccc3ccccc3c12. The molecule has 0 aliphatic heterocycles. The molecule has 0 atom stereocenters. The van der Waals surface area contributed by atoms with Crippen LogP contribution in [0, 0.1) is 12.1 Å². The molecule has 4 rings (SSSR count). The van der Waals surface area contributed by atoms with Crippen LogP contribution in [0.15, 0.2) is 52.9 Å². The standard InChI is InChI=1S/C16H8O/c1-2-6-12-11(5-1)9-10-15-16(12)13-7-3-4-8-14(13)17-15/h1-3,5-7,9-10H. The molecule has 0 spiro atoms. The van der Waals surface area contributed by atoms with Crippen LogP contribution in [0.25, 0.3) is 32.7 Å². The molecule has 0 aliphatic rings. The van der Waals surface area contributed by atoms with Gasteiger partial charge in [-0.15, -0.1) is 0 Å². The highest BCUT2D eigenvalue weighted by molar-refractivity contribution is 6.18. The van der Waals surface area contributed by atoms with Gasteiger partial charge in [0.25, 0.3) is 0 Å². The number of hydrogen-bond acceptors (Lipinski definition) is 1. The van der Waals surface area contributed by atoms with E-state index in [9.17, 15) is 0 Å². The van der Waals surface area contributed by atoms with Gasteiger partial charge in [0.05, 0.1) is 0 Å². The highest BCUT2D eigenvalue weighted by Crippen LogP contribution is 2.33. The molecule has 4 aromatic rings. The molecule has 0 bridgehead atoms. The molecule has 0 saturated heterocycles. The van der Waals surface area contributed by atoms with E-state index in [0.29, 0.717) is 0 Å². The fourth-order valence-corrected chi connectivity index (χ4v) is 2.38. The summed E-state index contributed by atoms with van der Waals surface area (Å²) < 4.78 is 5.77. The largest absolute Gasteiger partial charge is 0.447 e. The Morgan fingerprint density at radius 1 is 0.882 bits per heavy atom. The van der Waals surface area contributed by atoms with Crippen molar-refractivity contribution in [2.45, 2.75) is 0 Å². The average Bonchev–Trinajstić information content (AvgIpc) is 2.77. The number of furan rings is 1. The third-order valence-corrected chi connectivity index (χ3v) is 3.14. The van der Waals surface area contributed by atoms with Crippen molar-refractivity contribution in [2.24, 2.45) is 0 Å². The summed E-state index contributed by atoms with van der Waals surface area (Å²) in [6.45, 7) is 0. The summed E-state index contributed by atoms with van der Waals surface area (Å²) >= 11 is 0. The van der Waals surface area contributed by atoms with Crippen molar-refractivity contribution in [3.8, 4) is 0 Å². The van der Waals surface area contributed by atoms with Gasteiger partial charge in [-0.25, -0.2) is 0 Å². The van der Waals surface area contributed by atoms with E-state index < -0.39 is 0 Å². The molecule has 0 amide bonds. The van der Waals surface area contributed by atoms with Crippen LogP contribution in [0.1, 0.15) is 0 Å². The van der Waals surface area contributed by atoms with Crippen LogP contribution in [0.3, 0.4) is 0 Å². The lowest BCUT2D eigenvalue weighted by atomic mass is 10.0. The first-order valence-corrected chi connectivity index (χ1v) is 5.56. The summed E-state index contributed by atoms with van der Waals surface area (Å²) in [5, 5.41) is 4.73. The van der Waals surface area contributed by atoms with Gasteiger partial charge in [-0.2, -0.15) is 0 Å². The lowest BCUT2D eigenvalue weighted by Gasteiger charge is -1.97. The van der Waals surface area contributed by atoms with Gasteiger partial charge in [0, 0.05) is 10.8 Å². The van der Waals surface area contributed by atoms with Crippen molar-refractivity contribution in [3.63, 3.8) is 0 Å². The quantitative estimate of drug-likeness (QED) is 0.426. The van der Waals surface area contributed by atoms with Crippen LogP contribution in [-0.2, 0) is 0 Å². The number of fused-ring (bicyclic) bond motifs is 5. The Labute approximate surface area is 98.3 Å². The first kappa shape index (κ1) is 8.66. The molecule has 1 heteroatoms. The van der Waals surface area contributed by atoms with Gasteiger partial charge < -0.3 is 4.42 Å². The van der Waals surface area contributed by atoms with Gasteiger partial charge >= 0.3 is 0 Å². The maximum absolute atomic E-state index is 5.77. The Hall–Kier alpha value is -2.46. The van der Waals surface area contributed by atoms with E-state index in [2.05, 4.69) is 42.5 Å². The molecular formula is C16H8O. The van der Waals surface area contributed by atoms with Crippen molar-refractivity contribution in [1.82, 2.24) is 0 Å². The molecule has 1 heterocycles. The molecular weight excluding hydrogens is 208 g/mol. The molecule has 1 aromatic heterocycles. The fourth-order valence-electron chi connectivity index (χ4n) is 2.38. The Kier molecular flexibility index (Phi) is 1.54. The van der Waals surface area contributed by atoms with Gasteiger partial charge in [-0.3, -0.25) is 0 Å². The third kappa shape index (κ3) is 1.10. The minimum Gasteiger partial charge on any atom is -0.447 e. The molecule has 0 aliphatic carbocycles. The van der Waals surface area contributed by atoms with Crippen molar-refractivity contribution < 1.29 is 4.42 Å². The monoisotopic (exact) mass is 216 g/mol.